The van der Waals surface area contributed by atoms with Gasteiger partial charge in [0.15, 0.2) is 0 Å². The van der Waals surface area contributed by atoms with Gasteiger partial charge in [0.1, 0.15) is 5.75 Å². The number of benzene rings is 1. The SMILES string of the molecule is COc1ccc(C(O)CNCCCN(C)C)cc1. The van der Waals surface area contributed by atoms with Crippen molar-refractivity contribution in [2.24, 2.45) is 0 Å². The predicted molar refractivity (Wildman–Crippen MR) is 74.0 cm³/mol. The number of ether oxygens (including phenoxy) is 1. The maximum absolute atomic E-state index is 9.98. The molecule has 0 fully saturated rings. The predicted octanol–water partition coefficient (Wildman–Crippen LogP) is 1.27. The van der Waals surface area contributed by atoms with Crippen molar-refractivity contribution >= 4 is 0 Å². The zero-order chi connectivity index (χ0) is 13.4. The van der Waals surface area contributed by atoms with E-state index < -0.39 is 6.10 Å². The molecule has 1 atom stereocenters. The Morgan fingerprint density at radius 3 is 2.50 bits per heavy atom. The van der Waals surface area contributed by atoms with Crippen LogP contribution in [0.25, 0.3) is 0 Å². The lowest BCUT2D eigenvalue weighted by molar-refractivity contribution is 0.174. The Morgan fingerprint density at radius 1 is 1.28 bits per heavy atom. The molecule has 0 aliphatic rings. The Labute approximate surface area is 110 Å². The van der Waals surface area contributed by atoms with Gasteiger partial charge in [-0.25, -0.2) is 0 Å². The van der Waals surface area contributed by atoms with E-state index in [1.54, 1.807) is 7.11 Å². The van der Waals surface area contributed by atoms with Gasteiger partial charge in [-0.1, -0.05) is 12.1 Å². The average Bonchev–Trinajstić information content (AvgIpc) is 2.38. The molecule has 4 heteroatoms. The maximum atomic E-state index is 9.98. The van der Waals surface area contributed by atoms with Crippen molar-refractivity contribution in [3.05, 3.63) is 29.8 Å². The number of nitrogens with zero attached hydrogens (tertiary/aromatic N) is 1. The topological polar surface area (TPSA) is 44.7 Å². The highest BCUT2D eigenvalue weighted by Crippen LogP contribution is 2.16. The third-order valence-electron chi connectivity index (χ3n) is 2.80. The Kier molecular flexibility index (Phi) is 6.72. The van der Waals surface area contributed by atoms with Gasteiger partial charge in [-0.05, 0) is 51.3 Å². The Hall–Kier alpha value is -1.10. The first-order chi connectivity index (χ1) is 8.63. The lowest BCUT2D eigenvalue weighted by atomic mass is 10.1. The van der Waals surface area contributed by atoms with Gasteiger partial charge in [0.05, 0.1) is 13.2 Å². The van der Waals surface area contributed by atoms with E-state index in [-0.39, 0.29) is 0 Å². The van der Waals surface area contributed by atoms with Gasteiger partial charge in [0.25, 0.3) is 0 Å². The van der Waals surface area contributed by atoms with Crippen LogP contribution in [-0.4, -0.2) is 50.8 Å². The van der Waals surface area contributed by atoms with Crippen LogP contribution < -0.4 is 10.1 Å². The second-order valence-corrected chi connectivity index (χ2v) is 4.65. The van der Waals surface area contributed by atoms with E-state index in [0.717, 1.165) is 30.8 Å². The van der Waals surface area contributed by atoms with E-state index in [2.05, 4.69) is 24.3 Å². The summed E-state index contributed by atoms with van der Waals surface area (Å²) in [5.74, 6) is 0.810. The fraction of sp³-hybridized carbons (Fsp3) is 0.571. The average molecular weight is 252 g/mol. The van der Waals surface area contributed by atoms with Crippen LogP contribution in [0.3, 0.4) is 0 Å². The zero-order valence-corrected chi connectivity index (χ0v) is 11.5. The largest absolute Gasteiger partial charge is 0.497 e. The molecule has 0 aromatic heterocycles. The maximum Gasteiger partial charge on any atom is 0.118 e. The van der Waals surface area contributed by atoms with Crippen LogP contribution in [0.15, 0.2) is 24.3 Å². The summed E-state index contributed by atoms with van der Waals surface area (Å²) in [5, 5.41) is 13.2. The van der Waals surface area contributed by atoms with Crippen LogP contribution in [0.4, 0.5) is 0 Å². The highest BCUT2D eigenvalue weighted by molar-refractivity contribution is 5.28. The molecule has 0 bridgehead atoms. The zero-order valence-electron chi connectivity index (χ0n) is 11.5. The van der Waals surface area contributed by atoms with Crippen molar-refractivity contribution in [1.82, 2.24) is 10.2 Å². The summed E-state index contributed by atoms with van der Waals surface area (Å²) in [4.78, 5) is 2.15. The van der Waals surface area contributed by atoms with Crippen molar-refractivity contribution in [1.29, 1.82) is 0 Å². The van der Waals surface area contributed by atoms with Crippen LogP contribution in [0.1, 0.15) is 18.1 Å². The molecule has 0 aliphatic carbocycles. The van der Waals surface area contributed by atoms with E-state index in [1.807, 2.05) is 24.3 Å². The lowest BCUT2D eigenvalue weighted by Crippen LogP contribution is -2.25. The van der Waals surface area contributed by atoms with E-state index in [0.29, 0.717) is 6.54 Å². The van der Waals surface area contributed by atoms with Gasteiger partial charge in [0, 0.05) is 6.54 Å². The number of aliphatic hydroxyl groups is 1. The second-order valence-electron chi connectivity index (χ2n) is 4.65. The molecule has 2 N–H and O–H groups in total. The quantitative estimate of drug-likeness (QED) is 0.684. The Bertz CT molecular complexity index is 325. The summed E-state index contributed by atoms with van der Waals surface area (Å²) in [6.45, 7) is 2.57. The van der Waals surface area contributed by atoms with Crippen LogP contribution in [0.2, 0.25) is 0 Å². The fourth-order valence-corrected chi connectivity index (χ4v) is 1.70. The van der Waals surface area contributed by atoms with Gasteiger partial charge in [-0.15, -0.1) is 0 Å². The molecule has 0 radical (unpaired) electrons. The van der Waals surface area contributed by atoms with Crippen LogP contribution in [0, 0.1) is 0 Å². The molecule has 0 spiro atoms. The van der Waals surface area contributed by atoms with Crippen molar-refractivity contribution in [3.63, 3.8) is 0 Å². The summed E-state index contributed by atoms with van der Waals surface area (Å²) >= 11 is 0. The highest BCUT2D eigenvalue weighted by atomic mass is 16.5. The first kappa shape index (κ1) is 15.0. The van der Waals surface area contributed by atoms with E-state index in [4.69, 9.17) is 4.74 Å². The molecule has 0 amide bonds. The summed E-state index contributed by atoms with van der Waals surface area (Å²) in [6.07, 6.45) is 0.623. The number of rotatable bonds is 8. The summed E-state index contributed by atoms with van der Waals surface area (Å²) < 4.78 is 5.08. The van der Waals surface area contributed by atoms with E-state index >= 15 is 0 Å². The molecular formula is C14H24N2O2. The molecular weight excluding hydrogens is 228 g/mol. The third kappa shape index (κ3) is 5.49. The van der Waals surface area contributed by atoms with Crippen molar-refractivity contribution in [2.45, 2.75) is 12.5 Å². The van der Waals surface area contributed by atoms with Crippen LogP contribution in [-0.2, 0) is 0 Å². The number of hydrogen-bond donors (Lipinski definition) is 2. The molecule has 0 aliphatic heterocycles. The molecule has 1 unspecified atom stereocenters. The number of nitrogens with one attached hydrogen (secondary N) is 1. The number of methoxy groups -OCH3 is 1. The monoisotopic (exact) mass is 252 g/mol. The Morgan fingerprint density at radius 2 is 1.94 bits per heavy atom. The molecule has 102 valence electrons. The molecule has 4 nitrogen and oxygen atoms in total. The fourth-order valence-electron chi connectivity index (χ4n) is 1.70. The first-order valence-electron chi connectivity index (χ1n) is 6.31. The standard InChI is InChI=1S/C14H24N2O2/c1-16(2)10-4-9-15-11-14(17)12-5-7-13(18-3)8-6-12/h5-8,14-15,17H,4,9-11H2,1-3H3. The van der Waals surface area contributed by atoms with Gasteiger partial charge < -0.3 is 20.1 Å². The van der Waals surface area contributed by atoms with Crippen molar-refractivity contribution in [2.75, 3.05) is 40.8 Å². The van der Waals surface area contributed by atoms with E-state index in [9.17, 15) is 5.11 Å². The molecule has 0 saturated carbocycles. The third-order valence-corrected chi connectivity index (χ3v) is 2.80. The van der Waals surface area contributed by atoms with E-state index in [1.165, 1.54) is 0 Å². The minimum atomic E-state index is -0.463. The summed E-state index contributed by atoms with van der Waals surface area (Å²) in [7, 11) is 5.76. The van der Waals surface area contributed by atoms with Gasteiger partial charge in [-0.3, -0.25) is 0 Å². The summed E-state index contributed by atoms with van der Waals surface area (Å²) in [5.41, 5.74) is 0.913. The molecule has 18 heavy (non-hydrogen) atoms. The van der Waals surface area contributed by atoms with Gasteiger partial charge >= 0.3 is 0 Å². The molecule has 0 saturated heterocycles. The molecule has 1 aromatic rings. The molecule has 1 rings (SSSR count). The van der Waals surface area contributed by atoms with Gasteiger partial charge in [-0.2, -0.15) is 0 Å². The second kappa shape index (κ2) is 8.08. The van der Waals surface area contributed by atoms with Gasteiger partial charge in [0.2, 0.25) is 0 Å². The summed E-state index contributed by atoms with van der Waals surface area (Å²) in [6, 6.07) is 7.52. The molecule has 1 aromatic carbocycles. The minimum Gasteiger partial charge on any atom is -0.497 e. The van der Waals surface area contributed by atoms with Crippen LogP contribution in [0.5, 0.6) is 5.75 Å². The van der Waals surface area contributed by atoms with Crippen molar-refractivity contribution in [3.8, 4) is 5.75 Å². The first-order valence-corrected chi connectivity index (χ1v) is 6.31. The van der Waals surface area contributed by atoms with Crippen LogP contribution >= 0.6 is 0 Å². The minimum absolute atomic E-state index is 0.463. The number of hydrogen-bond acceptors (Lipinski definition) is 4. The van der Waals surface area contributed by atoms with Crippen molar-refractivity contribution < 1.29 is 9.84 Å². The normalized spacial score (nSPS) is 12.7. The molecule has 0 heterocycles. The highest BCUT2D eigenvalue weighted by Gasteiger charge is 2.06. The smallest absolute Gasteiger partial charge is 0.118 e. The lowest BCUT2D eigenvalue weighted by Gasteiger charge is -2.14. The number of aliphatic hydroxyl groups excluding tert-OH is 1. The Balaban J connectivity index is 2.25.